The summed E-state index contributed by atoms with van der Waals surface area (Å²) in [6, 6.07) is 16.1. The molecular weight excluding hydrogens is 474 g/mol. The second-order valence-corrected chi connectivity index (χ2v) is 12.0. The monoisotopic (exact) mass is 503 g/mol. The molecule has 2 spiro atoms. The first-order valence-corrected chi connectivity index (χ1v) is 13.2. The van der Waals surface area contributed by atoms with Crippen LogP contribution in [0.3, 0.4) is 0 Å². The molecule has 3 atom stereocenters. The van der Waals surface area contributed by atoms with Crippen molar-refractivity contribution in [3.63, 3.8) is 0 Å². The minimum Gasteiger partial charge on any atom is -0.356 e. The Kier molecular flexibility index (Phi) is 4.57. The highest BCUT2D eigenvalue weighted by Gasteiger charge is 2.72. The normalized spacial score (nSPS) is 29.8. The maximum absolute atomic E-state index is 14.0. The summed E-state index contributed by atoms with van der Waals surface area (Å²) in [7, 11) is 0. The van der Waals surface area contributed by atoms with Crippen LogP contribution < -0.4 is 5.32 Å². The van der Waals surface area contributed by atoms with E-state index < -0.39 is 11.1 Å². The number of carbonyl (C=O) groups excluding carboxylic acids is 2. The number of rotatable bonds is 4. The van der Waals surface area contributed by atoms with E-state index >= 15 is 0 Å². The fraction of sp³-hybridized carbons (Fsp3) is 0.448. The standard InChI is InChI=1S/C29H30ClN3O3/c1-27(2)23-15-28-11-6-12-33(28)26(35)29(23,31-25(28)34)14-21-20-10-9-19(30)13-22(20)32(24(21)27)17-36-16-18-7-4-3-5-8-18/h3-5,7-10,13,23H,6,11-12,14-17H2,1-2H3,(H,31,34)/t23-,28-,29-/m0/s1. The summed E-state index contributed by atoms with van der Waals surface area (Å²) in [5.74, 6) is 0.141. The van der Waals surface area contributed by atoms with Crippen LogP contribution in [0, 0.1) is 5.92 Å². The van der Waals surface area contributed by atoms with Gasteiger partial charge in [0.1, 0.15) is 17.8 Å². The van der Waals surface area contributed by atoms with E-state index in [9.17, 15) is 9.59 Å². The third kappa shape index (κ3) is 2.72. The molecule has 0 radical (unpaired) electrons. The summed E-state index contributed by atoms with van der Waals surface area (Å²) < 4.78 is 8.50. The first-order chi connectivity index (χ1) is 17.3. The number of amides is 2. The number of halogens is 1. The van der Waals surface area contributed by atoms with Crippen molar-refractivity contribution in [3.05, 3.63) is 70.4 Å². The largest absolute Gasteiger partial charge is 0.356 e. The Hall–Kier alpha value is -2.83. The Morgan fingerprint density at radius 1 is 1.14 bits per heavy atom. The predicted molar refractivity (Wildman–Crippen MR) is 138 cm³/mol. The van der Waals surface area contributed by atoms with Crippen molar-refractivity contribution in [3.8, 4) is 0 Å². The highest BCUT2D eigenvalue weighted by molar-refractivity contribution is 6.31. The van der Waals surface area contributed by atoms with E-state index in [0.717, 1.165) is 34.9 Å². The number of benzene rings is 2. The summed E-state index contributed by atoms with van der Waals surface area (Å²) in [4.78, 5) is 29.4. The van der Waals surface area contributed by atoms with E-state index in [-0.39, 0.29) is 23.1 Å². The van der Waals surface area contributed by atoms with Crippen LogP contribution in [0.2, 0.25) is 5.02 Å². The number of fused-ring (bicyclic) bond motifs is 4. The number of hydrogen-bond donors (Lipinski definition) is 1. The van der Waals surface area contributed by atoms with E-state index in [1.165, 1.54) is 5.69 Å². The Labute approximate surface area is 215 Å². The molecule has 2 aromatic carbocycles. The van der Waals surface area contributed by atoms with E-state index in [2.05, 4.69) is 41.9 Å². The number of carbonyl (C=O) groups is 2. The highest BCUT2D eigenvalue weighted by Crippen LogP contribution is 2.59. The van der Waals surface area contributed by atoms with Crippen molar-refractivity contribution < 1.29 is 14.3 Å². The zero-order valence-electron chi connectivity index (χ0n) is 20.6. The van der Waals surface area contributed by atoms with Gasteiger partial charge in [-0.25, -0.2) is 0 Å². The summed E-state index contributed by atoms with van der Waals surface area (Å²) in [6.07, 6.45) is 2.84. The minimum atomic E-state index is -0.899. The average molecular weight is 504 g/mol. The number of ether oxygens (including phenoxy) is 1. The number of nitrogens with one attached hydrogen (secondary N) is 1. The molecular formula is C29H30ClN3O3. The third-order valence-corrected chi connectivity index (χ3v) is 9.65. The second kappa shape index (κ2) is 7.36. The van der Waals surface area contributed by atoms with E-state index in [1.54, 1.807) is 0 Å². The molecule has 1 N–H and O–H groups in total. The molecule has 3 aromatic rings. The fourth-order valence-corrected chi connectivity index (χ4v) is 8.07. The van der Waals surface area contributed by atoms with E-state index in [0.29, 0.717) is 37.7 Å². The molecule has 5 aliphatic rings. The number of aromatic nitrogens is 1. The zero-order valence-corrected chi connectivity index (χ0v) is 21.4. The van der Waals surface area contributed by atoms with Gasteiger partial charge in [0.05, 0.1) is 12.1 Å². The van der Waals surface area contributed by atoms with Crippen molar-refractivity contribution in [2.45, 2.75) is 69.4 Å². The van der Waals surface area contributed by atoms with Gasteiger partial charge in [-0.2, -0.15) is 0 Å². The van der Waals surface area contributed by atoms with Gasteiger partial charge in [-0.05, 0) is 42.5 Å². The minimum absolute atomic E-state index is 0.00436. The first-order valence-electron chi connectivity index (χ1n) is 12.9. The molecule has 5 heterocycles. The fourth-order valence-electron chi connectivity index (χ4n) is 7.91. The van der Waals surface area contributed by atoms with Gasteiger partial charge in [-0.15, -0.1) is 0 Å². The van der Waals surface area contributed by atoms with Gasteiger partial charge in [-0.3, -0.25) is 9.59 Å². The molecule has 2 bridgehead atoms. The van der Waals surface area contributed by atoms with Gasteiger partial charge in [0.25, 0.3) is 0 Å². The van der Waals surface area contributed by atoms with Crippen LogP contribution in [-0.2, 0) is 39.5 Å². The van der Waals surface area contributed by atoms with Gasteiger partial charge in [0, 0.05) is 40.4 Å². The number of nitrogens with zero attached hydrogens (tertiary/aromatic N) is 2. The Balaban J connectivity index is 1.37. The quantitative estimate of drug-likeness (QED) is 0.568. The van der Waals surface area contributed by atoms with Gasteiger partial charge in [0.15, 0.2) is 0 Å². The van der Waals surface area contributed by atoms with Gasteiger partial charge in [0.2, 0.25) is 11.8 Å². The molecule has 2 amide bonds. The average Bonchev–Trinajstić information content (AvgIpc) is 3.42. The van der Waals surface area contributed by atoms with Crippen LogP contribution in [-0.4, -0.2) is 38.9 Å². The highest BCUT2D eigenvalue weighted by atomic mass is 35.5. The lowest BCUT2D eigenvalue weighted by molar-refractivity contribution is -0.179. The van der Waals surface area contributed by atoms with E-state index in [4.69, 9.17) is 16.3 Å². The Morgan fingerprint density at radius 3 is 2.75 bits per heavy atom. The summed E-state index contributed by atoms with van der Waals surface area (Å²) in [6.45, 7) is 6.06. The molecule has 1 aromatic heterocycles. The molecule has 186 valence electrons. The van der Waals surface area contributed by atoms with Crippen LogP contribution in [0.15, 0.2) is 48.5 Å². The lowest BCUT2D eigenvalue weighted by atomic mass is 9.51. The second-order valence-electron chi connectivity index (χ2n) is 11.6. The van der Waals surface area contributed by atoms with Gasteiger partial charge >= 0.3 is 0 Å². The molecule has 6 nitrogen and oxygen atoms in total. The molecule has 36 heavy (non-hydrogen) atoms. The van der Waals surface area contributed by atoms with Crippen molar-refractivity contribution in [1.82, 2.24) is 14.8 Å². The van der Waals surface area contributed by atoms with Crippen LogP contribution in [0.5, 0.6) is 0 Å². The van der Waals surface area contributed by atoms with Crippen molar-refractivity contribution in [2.24, 2.45) is 5.92 Å². The number of piperidine rings is 2. The lowest BCUT2D eigenvalue weighted by Crippen LogP contribution is -2.84. The first kappa shape index (κ1) is 22.4. The Bertz CT molecular complexity index is 1430. The maximum Gasteiger partial charge on any atom is 0.249 e. The summed E-state index contributed by atoms with van der Waals surface area (Å²) >= 11 is 6.47. The van der Waals surface area contributed by atoms with Crippen molar-refractivity contribution in [2.75, 3.05) is 6.54 Å². The lowest BCUT2D eigenvalue weighted by Gasteiger charge is -2.64. The molecule has 8 rings (SSSR count). The smallest absolute Gasteiger partial charge is 0.249 e. The molecule has 7 heteroatoms. The molecule has 0 saturated carbocycles. The maximum atomic E-state index is 14.0. The van der Waals surface area contributed by atoms with Gasteiger partial charge < -0.3 is 19.5 Å². The molecule has 1 aliphatic carbocycles. The van der Waals surface area contributed by atoms with Gasteiger partial charge in [-0.1, -0.05) is 61.8 Å². The molecule has 0 unspecified atom stereocenters. The summed E-state index contributed by atoms with van der Waals surface area (Å²) in [5, 5.41) is 5.03. The topological polar surface area (TPSA) is 63.6 Å². The van der Waals surface area contributed by atoms with Crippen molar-refractivity contribution >= 4 is 34.3 Å². The Morgan fingerprint density at radius 2 is 1.94 bits per heavy atom. The van der Waals surface area contributed by atoms with E-state index in [1.807, 2.05) is 35.2 Å². The van der Waals surface area contributed by atoms with Crippen molar-refractivity contribution in [1.29, 1.82) is 0 Å². The molecule has 4 saturated heterocycles. The third-order valence-electron chi connectivity index (χ3n) is 9.41. The van der Waals surface area contributed by atoms with Crippen LogP contribution >= 0.6 is 11.6 Å². The molecule has 4 aliphatic heterocycles. The molecule has 4 fully saturated rings. The number of piperazine rings is 1. The predicted octanol–water partition coefficient (Wildman–Crippen LogP) is 4.55. The summed E-state index contributed by atoms with van der Waals surface area (Å²) in [5.41, 5.74) is 2.49. The zero-order chi connectivity index (χ0) is 24.9. The number of hydrogen-bond acceptors (Lipinski definition) is 3. The van der Waals surface area contributed by atoms with Crippen LogP contribution in [0.1, 0.15) is 49.9 Å². The van der Waals surface area contributed by atoms with Crippen LogP contribution in [0.25, 0.3) is 10.9 Å². The SMILES string of the molecule is CC1(C)c2c(c3ccc(Cl)cc3n2COCc2ccccc2)C[C@@]23NC(=O)[C@]4(CCCN4C2=O)C[C@@H]13. The van der Waals surface area contributed by atoms with Crippen LogP contribution in [0.4, 0.5) is 0 Å².